The number of amides is 1. The first-order valence-electron chi connectivity index (χ1n) is 6.99. The predicted octanol–water partition coefficient (Wildman–Crippen LogP) is 3.20. The molecule has 0 heterocycles. The predicted molar refractivity (Wildman–Crippen MR) is 74.3 cm³/mol. The van der Waals surface area contributed by atoms with Gasteiger partial charge in [-0.25, -0.2) is 8.78 Å². The molecule has 0 spiro atoms. The quantitative estimate of drug-likeness (QED) is 0.865. The molecule has 1 aromatic carbocycles. The van der Waals surface area contributed by atoms with Crippen LogP contribution in [0.1, 0.15) is 42.5 Å². The first-order chi connectivity index (χ1) is 9.49. The van der Waals surface area contributed by atoms with Crippen LogP contribution in [0.4, 0.5) is 14.5 Å². The van der Waals surface area contributed by atoms with Crippen LogP contribution in [-0.2, 0) is 0 Å². The van der Waals surface area contributed by atoms with E-state index in [1.165, 1.54) is 19.3 Å². The summed E-state index contributed by atoms with van der Waals surface area (Å²) in [6.07, 6.45) is 5.86. The molecule has 0 aliphatic heterocycles. The Morgan fingerprint density at radius 1 is 1.25 bits per heavy atom. The molecular formula is C15H20F2N2O. The van der Waals surface area contributed by atoms with Gasteiger partial charge in [-0.2, -0.15) is 0 Å². The van der Waals surface area contributed by atoms with Crippen LogP contribution in [0.3, 0.4) is 0 Å². The zero-order valence-corrected chi connectivity index (χ0v) is 11.7. The molecule has 1 aliphatic carbocycles. The van der Waals surface area contributed by atoms with Gasteiger partial charge < -0.3 is 10.6 Å². The molecule has 1 aromatic rings. The van der Waals surface area contributed by atoms with Crippen LogP contribution < -0.4 is 5.73 Å². The second-order valence-corrected chi connectivity index (χ2v) is 5.54. The average Bonchev–Trinajstić information content (AvgIpc) is 2.44. The third kappa shape index (κ3) is 3.26. The van der Waals surface area contributed by atoms with Crippen LogP contribution in [0, 0.1) is 17.6 Å². The lowest BCUT2D eigenvalue weighted by molar-refractivity contribution is 0.0759. The summed E-state index contributed by atoms with van der Waals surface area (Å²) in [7, 11) is 1.67. The highest BCUT2D eigenvalue weighted by molar-refractivity contribution is 5.94. The molecule has 1 fully saturated rings. The molecule has 0 atom stereocenters. The van der Waals surface area contributed by atoms with E-state index in [0.717, 1.165) is 25.0 Å². The summed E-state index contributed by atoms with van der Waals surface area (Å²) in [6, 6.07) is 2.00. The number of carbonyl (C=O) groups excluding carboxylic acids is 1. The fourth-order valence-corrected chi connectivity index (χ4v) is 2.77. The molecule has 2 rings (SSSR count). The van der Waals surface area contributed by atoms with Crippen molar-refractivity contribution in [3.8, 4) is 0 Å². The van der Waals surface area contributed by atoms with Crippen molar-refractivity contribution >= 4 is 11.6 Å². The van der Waals surface area contributed by atoms with Gasteiger partial charge in [-0.05, 0) is 30.9 Å². The number of nitrogen functional groups attached to an aromatic ring is 1. The van der Waals surface area contributed by atoms with Crippen molar-refractivity contribution in [1.82, 2.24) is 4.90 Å². The van der Waals surface area contributed by atoms with Crippen LogP contribution >= 0.6 is 0 Å². The number of benzene rings is 1. The summed E-state index contributed by atoms with van der Waals surface area (Å²) < 4.78 is 26.8. The first kappa shape index (κ1) is 14.8. The van der Waals surface area contributed by atoms with Crippen LogP contribution in [0.25, 0.3) is 0 Å². The average molecular weight is 282 g/mol. The van der Waals surface area contributed by atoms with Gasteiger partial charge in [-0.1, -0.05) is 19.3 Å². The SMILES string of the molecule is CN(CC1CCCCC1)C(=O)c1cc(F)c(N)c(F)c1. The van der Waals surface area contributed by atoms with Crippen molar-refractivity contribution in [2.45, 2.75) is 32.1 Å². The van der Waals surface area contributed by atoms with Gasteiger partial charge in [-0.3, -0.25) is 4.79 Å². The van der Waals surface area contributed by atoms with Crippen molar-refractivity contribution in [2.75, 3.05) is 19.3 Å². The van der Waals surface area contributed by atoms with Gasteiger partial charge in [0.05, 0.1) is 0 Å². The van der Waals surface area contributed by atoms with Crippen molar-refractivity contribution < 1.29 is 13.6 Å². The standard InChI is InChI=1S/C15H20F2N2O/c1-19(9-10-5-3-2-4-6-10)15(20)11-7-12(16)14(18)13(17)8-11/h7-8,10H,2-6,9,18H2,1H3. The van der Waals surface area contributed by atoms with Crippen LogP contribution in [0.2, 0.25) is 0 Å². The number of nitrogens with zero attached hydrogens (tertiary/aromatic N) is 1. The lowest BCUT2D eigenvalue weighted by Gasteiger charge is -2.27. The molecule has 110 valence electrons. The molecule has 0 aromatic heterocycles. The minimum Gasteiger partial charge on any atom is -0.394 e. The van der Waals surface area contributed by atoms with E-state index in [1.807, 2.05) is 0 Å². The van der Waals surface area contributed by atoms with Crippen LogP contribution in [0.15, 0.2) is 12.1 Å². The third-order valence-electron chi connectivity index (χ3n) is 3.93. The van der Waals surface area contributed by atoms with Crippen LogP contribution in [-0.4, -0.2) is 24.4 Å². The minimum absolute atomic E-state index is 0.00695. The number of carbonyl (C=O) groups is 1. The maximum Gasteiger partial charge on any atom is 0.253 e. The van der Waals surface area contributed by atoms with Gasteiger partial charge in [0.15, 0.2) is 0 Å². The van der Waals surface area contributed by atoms with E-state index in [1.54, 1.807) is 11.9 Å². The summed E-state index contributed by atoms with van der Waals surface area (Å²) in [6.45, 7) is 0.631. The maximum atomic E-state index is 13.4. The Hall–Kier alpha value is -1.65. The Morgan fingerprint density at radius 2 is 1.80 bits per heavy atom. The molecule has 0 saturated heterocycles. The van der Waals surface area contributed by atoms with E-state index in [-0.39, 0.29) is 11.5 Å². The first-order valence-corrected chi connectivity index (χ1v) is 6.99. The second-order valence-electron chi connectivity index (χ2n) is 5.54. The van der Waals surface area contributed by atoms with Crippen molar-refractivity contribution in [1.29, 1.82) is 0 Å². The zero-order valence-electron chi connectivity index (χ0n) is 11.7. The van der Waals surface area contributed by atoms with E-state index >= 15 is 0 Å². The summed E-state index contributed by atoms with van der Waals surface area (Å²) in [5.74, 6) is -1.66. The lowest BCUT2D eigenvalue weighted by atomic mass is 9.89. The van der Waals surface area contributed by atoms with E-state index in [9.17, 15) is 13.6 Å². The fraction of sp³-hybridized carbons (Fsp3) is 0.533. The van der Waals surface area contributed by atoms with Crippen LogP contribution in [0.5, 0.6) is 0 Å². The van der Waals surface area contributed by atoms with Crippen molar-refractivity contribution in [2.24, 2.45) is 5.92 Å². The lowest BCUT2D eigenvalue weighted by Crippen LogP contribution is -2.32. The molecule has 1 saturated carbocycles. The van der Waals surface area contributed by atoms with E-state index < -0.39 is 17.3 Å². The molecular weight excluding hydrogens is 262 g/mol. The Labute approximate surface area is 117 Å². The van der Waals surface area contributed by atoms with Gasteiger partial charge in [0.1, 0.15) is 17.3 Å². The zero-order chi connectivity index (χ0) is 14.7. The molecule has 2 N–H and O–H groups in total. The summed E-state index contributed by atoms with van der Waals surface area (Å²) in [5, 5.41) is 0. The minimum atomic E-state index is -0.889. The molecule has 20 heavy (non-hydrogen) atoms. The Balaban J connectivity index is 2.06. The third-order valence-corrected chi connectivity index (χ3v) is 3.93. The Morgan fingerprint density at radius 3 is 2.35 bits per heavy atom. The topological polar surface area (TPSA) is 46.3 Å². The van der Waals surface area contributed by atoms with Crippen molar-refractivity contribution in [3.63, 3.8) is 0 Å². The molecule has 3 nitrogen and oxygen atoms in total. The normalized spacial score (nSPS) is 16.1. The number of hydrogen-bond acceptors (Lipinski definition) is 2. The van der Waals surface area contributed by atoms with Gasteiger partial charge in [0.25, 0.3) is 5.91 Å². The van der Waals surface area contributed by atoms with E-state index in [4.69, 9.17) is 5.73 Å². The van der Waals surface area contributed by atoms with Gasteiger partial charge in [-0.15, -0.1) is 0 Å². The molecule has 0 unspecified atom stereocenters. The molecule has 0 bridgehead atoms. The van der Waals surface area contributed by atoms with Gasteiger partial charge >= 0.3 is 0 Å². The Bertz CT molecular complexity index is 476. The Kier molecular flexibility index (Phi) is 4.57. The van der Waals surface area contributed by atoms with Gasteiger partial charge in [0.2, 0.25) is 0 Å². The number of rotatable bonds is 3. The highest BCUT2D eigenvalue weighted by atomic mass is 19.1. The number of nitrogens with two attached hydrogens (primary N) is 1. The van der Waals surface area contributed by atoms with Gasteiger partial charge in [0, 0.05) is 19.2 Å². The summed E-state index contributed by atoms with van der Waals surface area (Å²) in [5.41, 5.74) is 4.66. The molecule has 1 amide bonds. The van der Waals surface area contributed by atoms with E-state index in [0.29, 0.717) is 12.5 Å². The molecule has 5 heteroatoms. The fourth-order valence-electron chi connectivity index (χ4n) is 2.77. The second kappa shape index (κ2) is 6.20. The number of anilines is 1. The largest absolute Gasteiger partial charge is 0.394 e. The number of hydrogen-bond donors (Lipinski definition) is 1. The smallest absolute Gasteiger partial charge is 0.253 e. The number of halogens is 2. The van der Waals surface area contributed by atoms with Crippen molar-refractivity contribution in [3.05, 3.63) is 29.3 Å². The van der Waals surface area contributed by atoms with E-state index in [2.05, 4.69) is 0 Å². The highest BCUT2D eigenvalue weighted by Crippen LogP contribution is 2.25. The highest BCUT2D eigenvalue weighted by Gasteiger charge is 2.20. The molecule has 1 aliphatic rings. The summed E-state index contributed by atoms with van der Waals surface area (Å²) in [4.78, 5) is 13.7. The molecule has 0 radical (unpaired) electrons. The summed E-state index contributed by atoms with van der Waals surface area (Å²) >= 11 is 0. The maximum absolute atomic E-state index is 13.4. The monoisotopic (exact) mass is 282 g/mol.